The Labute approximate surface area is 139 Å². The number of carbonyl (C=O) groups excluding carboxylic acids is 1. The fraction of sp³-hybridized carbons (Fsp3) is 0.357. The molecule has 2 rings (SSSR count). The fourth-order valence-electron chi connectivity index (χ4n) is 2.36. The number of hydrogen-bond acceptors (Lipinski definition) is 1. The normalized spacial score (nSPS) is 14.0. The molecule has 0 radical (unpaired) electrons. The Morgan fingerprint density at radius 3 is 1.96 bits per heavy atom. The third-order valence-corrected chi connectivity index (χ3v) is 3.62. The van der Waals surface area contributed by atoms with Gasteiger partial charge in [-0.25, -0.2) is 0 Å². The highest BCUT2D eigenvalue weighted by Gasteiger charge is 2.82. The van der Waals surface area contributed by atoms with Gasteiger partial charge in [-0.1, -0.05) is 18.2 Å². The Morgan fingerprint density at radius 2 is 1.46 bits per heavy atom. The molecule has 0 fully saturated rings. The molecule has 0 aliphatic heterocycles. The van der Waals surface area contributed by atoms with E-state index in [2.05, 4.69) is 0 Å². The van der Waals surface area contributed by atoms with Crippen molar-refractivity contribution in [2.45, 2.75) is 30.4 Å². The molecule has 144 valence electrons. The van der Waals surface area contributed by atoms with Crippen molar-refractivity contribution in [1.82, 2.24) is 4.98 Å². The molecule has 1 amide bonds. The van der Waals surface area contributed by atoms with Gasteiger partial charge in [-0.15, -0.1) is 0 Å². The number of halogens is 9. The largest absolute Gasteiger partial charge is 0.460 e. The van der Waals surface area contributed by atoms with Gasteiger partial charge in [0.25, 0.3) is 0 Å². The van der Waals surface area contributed by atoms with Gasteiger partial charge >= 0.3 is 23.9 Å². The van der Waals surface area contributed by atoms with Gasteiger partial charge in [0.1, 0.15) is 0 Å². The second-order valence-corrected chi connectivity index (χ2v) is 5.39. The van der Waals surface area contributed by atoms with Gasteiger partial charge in [0.15, 0.2) is 0 Å². The number of primary amides is 1. The Hall–Kier alpha value is -2.40. The summed E-state index contributed by atoms with van der Waals surface area (Å²) in [6.07, 6.45) is -8.02. The topological polar surface area (TPSA) is 58.9 Å². The van der Waals surface area contributed by atoms with Crippen molar-refractivity contribution in [3.8, 4) is 0 Å². The molecule has 2 aromatic rings. The van der Waals surface area contributed by atoms with Crippen LogP contribution in [0.5, 0.6) is 0 Å². The summed E-state index contributed by atoms with van der Waals surface area (Å²) in [5, 5.41) is -0.243. The predicted octanol–water partition coefficient (Wildman–Crippen LogP) is 4.12. The van der Waals surface area contributed by atoms with Crippen LogP contribution in [0.1, 0.15) is 11.3 Å². The highest BCUT2D eigenvalue weighted by Crippen LogP contribution is 2.57. The van der Waals surface area contributed by atoms with Gasteiger partial charge in [-0.05, 0) is 11.6 Å². The number of rotatable bonds is 5. The summed E-state index contributed by atoms with van der Waals surface area (Å²) in [7, 11) is 0. The van der Waals surface area contributed by atoms with E-state index in [-0.39, 0.29) is 10.9 Å². The van der Waals surface area contributed by atoms with Crippen molar-refractivity contribution in [3.63, 3.8) is 0 Å². The van der Waals surface area contributed by atoms with E-state index in [0.29, 0.717) is 0 Å². The molecule has 26 heavy (non-hydrogen) atoms. The maximum Gasteiger partial charge on any atom is 0.460 e. The maximum atomic E-state index is 14.2. The third-order valence-electron chi connectivity index (χ3n) is 3.62. The van der Waals surface area contributed by atoms with Gasteiger partial charge in [-0.2, -0.15) is 39.5 Å². The van der Waals surface area contributed by atoms with Crippen LogP contribution in [0.2, 0.25) is 0 Å². The van der Waals surface area contributed by atoms with Crippen molar-refractivity contribution < 1.29 is 44.3 Å². The van der Waals surface area contributed by atoms with Crippen molar-refractivity contribution >= 4 is 16.8 Å². The molecule has 0 saturated carbocycles. The first-order valence-electron chi connectivity index (χ1n) is 6.73. The number of hydrogen-bond donors (Lipinski definition) is 2. The number of nitrogens with two attached hydrogens (primary N) is 1. The number of alkyl halides is 9. The quantitative estimate of drug-likeness (QED) is 0.739. The van der Waals surface area contributed by atoms with E-state index in [4.69, 9.17) is 5.73 Å². The molecule has 1 aromatic heterocycles. The molecular formula is C14H9F9N2O. The van der Waals surface area contributed by atoms with E-state index >= 15 is 0 Å². The molecule has 3 nitrogen and oxygen atoms in total. The van der Waals surface area contributed by atoms with Crippen LogP contribution in [0.25, 0.3) is 10.9 Å². The number of H-pyrrole nitrogens is 1. The molecule has 1 aromatic carbocycles. The van der Waals surface area contributed by atoms with Crippen molar-refractivity contribution in [2.75, 3.05) is 0 Å². The second-order valence-electron chi connectivity index (χ2n) is 5.39. The van der Waals surface area contributed by atoms with Crippen LogP contribution in [0.15, 0.2) is 24.3 Å². The molecule has 1 heterocycles. The van der Waals surface area contributed by atoms with Crippen molar-refractivity contribution in [2.24, 2.45) is 5.73 Å². The number of nitrogens with one attached hydrogen (secondary N) is 1. The Bertz CT molecular complexity index is 839. The van der Waals surface area contributed by atoms with Gasteiger partial charge < -0.3 is 10.7 Å². The van der Waals surface area contributed by atoms with Crippen LogP contribution in [0, 0.1) is 0 Å². The number of aromatic nitrogens is 1. The summed E-state index contributed by atoms with van der Waals surface area (Å²) in [5.74, 6) is -21.1. The van der Waals surface area contributed by atoms with Gasteiger partial charge in [0.05, 0.1) is 12.1 Å². The zero-order valence-electron chi connectivity index (χ0n) is 12.4. The molecule has 12 heteroatoms. The van der Waals surface area contributed by atoms with Crippen LogP contribution in [0.3, 0.4) is 0 Å². The van der Waals surface area contributed by atoms with Gasteiger partial charge in [0.2, 0.25) is 5.91 Å². The number of benzene rings is 1. The zero-order chi connectivity index (χ0) is 20.1. The van der Waals surface area contributed by atoms with Crippen LogP contribution < -0.4 is 5.73 Å². The van der Waals surface area contributed by atoms with E-state index in [0.717, 1.165) is 12.1 Å². The number of aromatic amines is 1. The van der Waals surface area contributed by atoms with Crippen molar-refractivity contribution in [1.29, 1.82) is 0 Å². The second kappa shape index (κ2) is 5.81. The third kappa shape index (κ3) is 2.76. The standard InChI is InChI=1S/C14H9F9N2O/c15-11(16,12(17,18)13(19,20)14(21,22)23)10-7(5-9(24)26)6-3-1-2-4-8(6)25-10/h1-4,25H,5H2,(H2,24,26). The van der Waals surface area contributed by atoms with E-state index in [1.165, 1.54) is 12.1 Å². The summed E-state index contributed by atoms with van der Waals surface area (Å²) < 4.78 is 119. The number of amides is 1. The van der Waals surface area contributed by atoms with E-state index in [9.17, 15) is 44.3 Å². The zero-order valence-corrected chi connectivity index (χ0v) is 12.4. The number of fused-ring (bicyclic) bond motifs is 1. The van der Waals surface area contributed by atoms with Gasteiger partial charge in [0, 0.05) is 10.9 Å². The number of para-hydroxylation sites is 1. The first-order valence-corrected chi connectivity index (χ1v) is 6.73. The maximum absolute atomic E-state index is 14.2. The smallest absolute Gasteiger partial charge is 0.369 e. The lowest BCUT2D eigenvalue weighted by molar-refractivity contribution is -0.400. The number of carbonyl (C=O) groups is 1. The molecular weight excluding hydrogens is 383 g/mol. The monoisotopic (exact) mass is 392 g/mol. The predicted molar refractivity (Wildman–Crippen MR) is 71.0 cm³/mol. The minimum atomic E-state index is -7.04. The fourth-order valence-corrected chi connectivity index (χ4v) is 2.36. The molecule has 0 atom stereocenters. The first-order chi connectivity index (χ1) is 11.6. The lowest BCUT2D eigenvalue weighted by atomic mass is 9.96. The Kier molecular flexibility index (Phi) is 4.45. The summed E-state index contributed by atoms with van der Waals surface area (Å²) >= 11 is 0. The highest BCUT2D eigenvalue weighted by atomic mass is 19.4. The molecule has 0 aliphatic carbocycles. The molecule has 0 bridgehead atoms. The Morgan fingerprint density at radius 1 is 0.923 bits per heavy atom. The summed E-state index contributed by atoms with van der Waals surface area (Å²) in [6, 6.07) is 4.69. The van der Waals surface area contributed by atoms with E-state index < -0.39 is 47.5 Å². The van der Waals surface area contributed by atoms with Gasteiger partial charge in [-0.3, -0.25) is 4.79 Å². The summed E-state index contributed by atoms with van der Waals surface area (Å²) in [5.41, 5.74) is 1.73. The summed E-state index contributed by atoms with van der Waals surface area (Å²) in [4.78, 5) is 12.7. The average Bonchev–Trinajstić information content (AvgIpc) is 2.84. The van der Waals surface area contributed by atoms with Crippen molar-refractivity contribution in [3.05, 3.63) is 35.5 Å². The lowest BCUT2D eigenvalue weighted by Gasteiger charge is -2.33. The van der Waals surface area contributed by atoms with Crippen LogP contribution in [0.4, 0.5) is 39.5 Å². The Balaban J connectivity index is 2.74. The molecule has 3 N–H and O–H groups in total. The minimum absolute atomic E-state index is 0.243. The summed E-state index contributed by atoms with van der Waals surface area (Å²) in [6.45, 7) is 0. The SMILES string of the molecule is NC(=O)Cc1c(C(F)(F)C(F)(F)C(F)(F)C(F)(F)F)[nH]c2ccccc12. The van der Waals surface area contributed by atoms with Crippen LogP contribution in [-0.4, -0.2) is 28.9 Å². The molecule has 0 spiro atoms. The minimum Gasteiger partial charge on any atom is -0.369 e. The van der Waals surface area contributed by atoms with Crippen LogP contribution >= 0.6 is 0 Å². The first kappa shape index (κ1) is 19.9. The van der Waals surface area contributed by atoms with E-state index in [1.54, 1.807) is 4.98 Å². The average molecular weight is 392 g/mol. The van der Waals surface area contributed by atoms with Crippen LogP contribution in [-0.2, 0) is 17.1 Å². The molecule has 0 unspecified atom stereocenters. The van der Waals surface area contributed by atoms with E-state index in [1.807, 2.05) is 0 Å². The molecule has 0 aliphatic rings. The highest BCUT2D eigenvalue weighted by molar-refractivity contribution is 5.90. The molecule has 0 saturated heterocycles. The lowest BCUT2D eigenvalue weighted by Crippen LogP contribution is -2.59.